The Morgan fingerprint density at radius 2 is 0.957 bits per heavy atom. The second kappa shape index (κ2) is 8.49. The quantitative estimate of drug-likeness (QED) is 0.446. The molecule has 0 nitrogen and oxygen atoms in total. The van der Waals surface area contributed by atoms with Gasteiger partial charge in [-0.3, -0.25) is 0 Å². The van der Waals surface area contributed by atoms with Crippen LogP contribution in [0.2, 0.25) is 0 Å². The molecule has 2 rings (SSSR count). The van der Waals surface area contributed by atoms with E-state index in [4.69, 9.17) is 0 Å². The predicted octanol–water partition coefficient (Wildman–Crippen LogP) is 8.17. The van der Waals surface area contributed by atoms with Gasteiger partial charge < -0.3 is 0 Å². The van der Waals surface area contributed by atoms with Crippen molar-refractivity contribution in [1.82, 2.24) is 0 Å². The van der Waals surface area contributed by atoms with E-state index < -0.39 is 0 Å². The first-order valence-corrected chi connectivity index (χ1v) is 13.4. The summed E-state index contributed by atoms with van der Waals surface area (Å²) in [4.78, 5) is 0. The van der Waals surface area contributed by atoms with Crippen LogP contribution in [0.5, 0.6) is 0 Å². The van der Waals surface area contributed by atoms with Crippen LogP contribution in [0.3, 0.4) is 0 Å². The van der Waals surface area contributed by atoms with Crippen LogP contribution >= 0.6 is 15.8 Å². The van der Waals surface area contributed by atoms with Gasteiger partial charge in [0, 0.05) is 0 Å². The molecule has 136 valence electrons. The van der Waals surface area contributed by atoms with E-state index >= 15 is 0 Å². The minimum atomic E-state index is 0.0971. The highest BCUT2D eigenvalue weighted by molar-refractivity contribution is 7.76. The average Bonchev–Trinajstić information content (AvgIpc) is 2.47. The van der Waals surface area contributed by atoms with Crippen LogP contribution in [0.4, 0.5) is 0 Å². The minimum Gasteiger partial charge on any atom is -0.0959 e. The maximum absolute atomic E-state index is 2.53. The van der Waals surface area contributed by atoms with Crippen LogP contribution in [0.1, 0.15) is 106 Å². The van der Waals surface area contributed by atoms with Gasteiger partial charge in [0.25, 0.3) is 0 Å². The first-order chi connectivity index (χ1) is 10.7. The minimum absolute atomic E-state index is 0.0971. The lowest BCUT2D eigenvalue weighted by molar-refractivity contribution is 0.485. The molecule has 0 aromatic heterocycles. The van der Waals surface area contributed by atoms with Crippen molar-refractivity contribution < 1.29 is 0 Å². The molecule has 0 heterocycles. The highest BCUT2D eigenvalue weighted by atomic mass is 31.2. The summed E-state index contributed by atoms with van der Waals surface area (Å²) >= 11 is 0. The number of hydrogen-bond acceptors (Lipinski definition) is 0. The molecule has 0 spiro atoms. The van der Waals surface area contributed by atoms with Crippen LogP contribution in [0.15, 0.2) is 0 Å². The van der Waals surface area contributed by atoms with Gasteiger partial charge in [0.1, 0.15) is 0 Å². The Balaban J connectivity index is 2.17. The summed E-state index contributed by atoms with van der Waals surface area (Å²) in [6.07, 6.45) is 15.4. The van der Waals surface area contributed by atoms with Crippen molar-refractivity contribution in [3.8, 4) is 0 Å². The first-order valence-electron chi connectivity index (χ1n) is 10.2. The Hall–Kier alpha value is 0.860. The lowest BCUT2D eigenvalue weighted by atomic mass is 9.99. The van der Waals surface area contributed by atoms with E-state index in [0.717, 1.165) is 11.3 Å². The van der Waals surface area contributed by atoms with Crippen molar-refractivity contribution in [2.45, 2.75) is 127 Å². The third kappa shape index (κ3) is 5.96. The summed E-state index contributed by atoms with van der Waals surface area (Å²) in [6, 6.07) is 0. The molecule has 0 saturated heterocycles. The largest absolute Gasteiger partial charge is 0.0959 e. The van der Waals surface area contributed by atoms with Gasteiger partial charge in [-0.25, -0.2) is 0 Å². The van der Waals surface area contributed by atoms with Gasteiger partial charge in [-0.05, 0) is 53.2 Å². The molecule has 0 aliphatic heterocycles. The molecule has 2 aliphatic rings. The molecular formula is C21H42P2. The third-order valence-corrected chi connectivity index (χ3v) is 14.6. The third-order valence-electron chi connectivity index (χ3n) is 6.01. The van der Waals surface area contributed by atoms with Crippen LogP contribution < -0.4 is 0 Å². The molecule has 2 fully saturated rings. The van der Waals surface area contributed by atoms with E-state index in [-0.39, 0.29) is 15.8 Å². The number of rotatable bonds is 4. The lowest BCUT2D eigenvalue weighted by Gasteiger charge is -2.47. The topological polar surface area (TPSA) is 0 Å². The molecule has 2 saturated carbocycles. The summed E-state index contributed by atoms with van der Waals surface area (Å²) in [6.45, 7) is 15.2. The maximum Gasteiger partial charge on any atom is -0.0106 e. The fraction of sp³-hybridized carbons (Fsp3) is 1.00. The summed E-state index contributed by atoms with van der Waals surface area (Å²) in [5.41, 5.74) is 2.24. The van der Waals surface area contributed by atoms with E-state index in [1.165, 1.54) is 38.5 Å². The second-order valence-electron chi connectivity index (χ2n) is 10.0. The molecule has 0 bridgehead atoms. The summed E-state index contributed by atoms with van der Waals surface area (Å²) in [7, 11) is 0.361. The molecule has 2 aliphatic carbocycles. The normalized spacial score (nSPS) is 23.0. The standard InChI is InChI=1S/C21H42P2/c1-20(2,3)23(21(4,5)6)17-22(18-13-9-7-10-14-18)19-15-11-8-12-16-19/h18-19H,7-17H2,1-6H3. The van der Waals surface area contributed by atoms with Crippen molar-refractivity contribution >= 4 is 15.8 Å². The van der Waals surface area contributed by atoms with Gasteiger partial charge >= 0.3 is 0 Å². The SMILES string of the molecule is CC(C)(C)P(CP(C1CCCCC1)C1CCCCC1)C(C)(C)C. The molecule has 0 atom stereocenters. The van der Waals surface area contributed by atoms with Gasteiger partial charge in [0.15, 0.2) is 0 Å². The van der Waals surface area contributed by atoms with Gasteiger partial charge in [0.2, 0.25) is 0 Å². The van der Waals surface area contributed by atoms with Gasteiger partial charge in [-0.15, -0.1) is 0 Å². The van der Waals surface area contributed by atoms with Crippen molar-refractivity contribution in [2.75, 3.05) is 5.90 Å². The van der Waals surface area contributed by atoms with E-state index in [1.807, 2.05) is 0 Å². The molecular weight excluding hydrogens is 314 g/mol. The lowest BCUT2D eigenvalue weighted by Crippen LogP contribution is -2.29. The zero-order valence-corrected chi connectivity index (χ0v) is 18.6. The van der Waals surface area contributed by atoms with Crippen molar-refractivity contribution in [3.63, 3.8) is 0 Å². The Kier molecular flexibility index (Phi) is 7.45. The Morgan fingerprint density at radius 3 is 1.26 bits per heavy atom. The highest BCUT2D eigenvalue weighted by Gasteiger charge is 2.40. The van der Waals surface area contributed by atoms with Crippen molar-refractivity contribution in [2.24, 2.45) is 0 Å². The summed E-state index contributed by atoms with van der Waals surface area (Å²) in [5, 5.41) is 1.02. The first kappa shape index (κ1) is 20.2. The fourth-order valence-corrected chi connectivity index (χ4v) is 16.2. The monoisotopic (exact) mass is 356 g/mol. The van der Waals surface area contributed by atoms with E-state index in [2.05, 4.69) is 41.5 Å². The zero-order chi connectivity index (χ0) is 17.1. The van der Waals surface area contributed by atoms with Crippen molar-refractivity contribution in [1.29, 1.82) is 0 Å². The highest BCUT2D eigenvalue weighted by Crippen LogP contribution is 2.69. The Bertz CT molecular complexity index is 306. The molecule has 23 heavy (non-hydrogen) atoms. The number of hydrogen-bond donors (Lipinski definition) is 0. The van der Waals surface area contributed by atoms with Gasteiger partial charge in [-0.2, -0.15) is 0 Å². The van der Waals surface area contributed by atoms with E-state index in [0.29, 0.717) is 10.3 Å². The van der Waals surface area contributed by atoms with Crippen LogP contribution in [-0.4, -0.2) is 27.5 Å². The molecule has 0 aromatic carbocycles. The molecule has 0 unspecified atom stereocenters. The van der Waals surface area contributed by atoms with E-state index in [1.54, 1.807) is 31.6 Å². The summed E-state index contributed by atoms with van der Waals surface area (Å²) < 4.78 is 0. The van der Waals surface area contributed by atoms with Crippen molar-refractivity contribution in [3.05, 3.63) is 0 Å². The zero-order valence-electron chi connectivity index (χ0n) is 16.8. The molecule has 2 heteroatoms. The van der Waals surface area contributed by atoms with Gasteiger partial charge in [-0.1, -0.05) is 95.9 Å². The van der Waals surface area contributed by atoms with Crippen LogP contribution in [0, 0.1) is 0 Å². The maximum atomic E-state index is 2.53. The van der Waals surface area contributed by atoms with E-state index in [9.17, 15) is 0 Å². The summed E-state index contributed by atoms with van der Waals surface area (Å²) in [5.74, 6) is 1.62. The smallest absolute Gasteiger partial charge is 0.0106 e. The Morgan fingerprint density at radius 1 is 0.609 bits per heavy atom. The van der Waals surface area contributed by atoms with Crippen LogP contribution in [0.25, 0.3) is 0 Å². The van der Waals surface area contributed by atoms with Crippen LogP contribution in [-0.2, 0) is 0 Å². The average molecular weight is 357 g/mol. The molecule has 0 N–H and O–H groups in total. The Labute approximate surface area is 149 Å². The molecule has 0 aromatic rings. The second-order valence-corrected chi connectivity index (χ2v) is 17.2. The predicted molar refractivity (Wildman–Crippen MR) is 112 cm³/mol. The molecule has 0 amide bonds. The van der Waals surface area contributed by atoms with Gasteiger partial charge in [0.05, 0.1) is 0 Å². The molecule has 0 radical (unpaired) electrons. The fourth-order valence-electron chi connectivity index (χ4n) is 4.95.